The zero-order valence-corrected chi connectivity index (χ0v) is 15.0. The molecule has 0 atom stereocenters. The van der Waals surface area contributed by atoms with Gasteiger partial charge in [0.2, 0.25) is 0 Å². The van der Waals surface area contributed by atoms with E-state index in [0.717, 1.165) is 54.1 Å². The maximum absolute atomic E-state index is 4.37. The SMILES string of the molecule is c1cc(-c2cc(-c3ccc(N4CCNCC4)cc3)cnn2)c2[nH]ccc2c1. The van der Waals surface area contributed by atoms with Gasteiger partial charge < -0.3 is 15.2 Å². The summed E-state index contributed by atoms with van der Waals surface area (Å²) >= 11 is 0. The topological polar surface area (TPSA) is 56.8 Å². The Bertz CT molecular complexity index is 1060. The van der Waals surface area contributed by atoms with Gasteiger partial charge in [-0.25, -0.2) is 0 Å². The number of aromatic amines is 1. The van der Waals surface area contributed by atoms with Gasteiger partial charge in [-0.15, -0.1) is 0 Å². The summed E-state index contributed by atoms with van der Waals surface area (Å²) in [5.41, 5.74) is 6.56. The van der Waals surface area contributed by atoms with Gasteiger partial charge in [0.1, 0.15) is 0 Å². The highest BCUT2D eigenvalue weighted by molar-refractivity contribution is 5.93. The number of nitrogens with one attached hydrogen (secondary N) is 2. The van der Waals surface area contributed by atoms with Crippen molar-refractivity contribution >= 4 is 16.6 Å². The fraction of sp³-hybridized carbons (Fsp3) is 0.182. The van der Waals surface area contributed by atoms with Crippen LogP contribution in [0.5, 0.6) is 0 Å². The van der Waals surface area contributed by atoms with Crippen LogP contribution in [0.2, 0.25) is 0 Å². The molecular formula is C22H21N5. The summed E-state index contributed by atoms with van der Waals surface area (Å²) in [7, 11) is 0. The van der Waals surface area contributed by atoms with Crippen molar-refractivity contribution < 1.29 is 0 Å². The number of hydrogen-bond donors (Lipinski definition) is 2. The molecule has 0 spiro atoms. The van der Waals surface area contributed by atoms with Crippen LogP contribution in [-0.4, -0.2) is 41.4 Å². The first-order chi connectivity index (χ1) is 13.4. The van der Waals surface area contributed by atoms with Crippen LogP contribution in [0.1, 0.15) is 0 Å². The Balaban J connectivity index is 1.48. The number of anilines is 1. The molecule has 0 bridgehead atoms. The molecule has 0 aliphatic carbocycles. The van der Waals surface area contributed by atoms with Gasteiger partial charge in [0.25, 0.3) is 0 Å². The highest BCUT2D eigenvalue weighted by atomic mass is 15.2. The molecule has 1 fully saturated rings. The Hall–Kier alpha value is -3.18. The normalized spacial score (nSPS) is 14.6. The third-order valence-corrected chi connectivity index (χ3v) is 5.20. The van der Waals surface area contributed by atoms with E-state index in [-0.39, 0.29) is 0 Å². The number of benzene rings is 2. The van der Waals surface area contributed by atoms with E-state index in [1.54, 1.807) is 0 Å². The highest BCUT2D eigenvalue weighted by Gasteiger charge is 2.11. The Morgan fingerprint density at radius 3 is 2.59 bits per heavy atom. The molecule has 0 amide bonds. The van der Waals surface area contributed by atoms with Crippen molar-refractivity contribution in [3.8, 4) is 22.4 Å². The first-order valence-corrected chi connectivity index (χ1v) is 9.34. The van der Waals surface area contributed by atoms with Gasteiger partial charge >= 0.3 is 0 Å². The third kappa shape index (κ3) is 3.06. The minimum absolute atomic E-state index is 0.881. The number of nitrogens with zero attached hydrogens (tertiary/aromatic N) is 3. The maximum atomic E-state index is 4.37. The molecule has 0 radical (unpaired) electrons. The maximum Gasteiger partial charge on any atom is 0.0956 e. The summed E-state index contributed by atoms with van der Waals surface area (Å²) in [6.07, 6.45) is 3.79. The molecule has 2 N–H and O–H groups in total. The molecule has 5 heteroatoms. The number of rotatable bonds is 3. The molecule has 27 heavy (non-hydrogen) atoms. The molecule has 2 aromatic heterocycles. The fourth-order valence-corrected chi connectivity index (χ4v) is 3.74. The number of aromatic nitrogens is 3. The van der Waals surface area contributed by atoms with Gasteiger partial charge in [0.05, 0.1) is 17.4 Å². The van der Waals surface area contributed by atoms with Crippen molar-refractivity contribution in [1.82, 2.24) is 20.5 Å². The van der Waals surface area contributed by atoms with Crippen LogP contribution < -0.4 is 10.2 Å². The molecule has 4 aromatic rings. The molecule has 134 valence electrons. The van der Waals surface area contributed by atoms with E-state index >= 15 is 0 Å². The lowest BCUT2D eigenvalue weighted by Crippen LogP contribution is -2.43. The molecule has 5 rings (SSSR count). The van der Waals surface area contributed by atoms with Crippen LogP contribution in [0.25, 0.3) is 33.3 Å². The fourth-order valence-electron chi connectivity index (χ4n) is 3.74. The van der Waals surface area contributed by atoms with Crippen molar-refractivity contribution in [3.63, 3.8) is 0 Å². The largest absolute Gasteiger partial charge is 0.369 e. The second-order valence-corrected chi connectivity index (χ2v) is 6.86. The first kappa shape index (κ1) is 16.0. The molecule has 0 unspecified atom stereocenters. The predicted molar refractivity (Wildman–Crippen MR) is 110 cm³/mol. The average Bonchev–Trinajstić information content (AvgIpc) is 3.24. The molecular weight excluding hydrogens is 334 g/mol. The van der Waals surface area contributed by atoms with Crippen LogP contribution in [-0.2, 0) is 0 Å². The Morgan fingerprint density at radius 1 is 0.889 bits per heavy atom. The lowest BCUT2D eigenvalue weighted by Gasteiger charge is -2.29. The van der Waals surface area contributed by atoms with Crippen molar-refractivity contribution in [1.29, 1.82) is 0 Å². The van der Waals surface area contributed by atoms with E-state index in [1.807, 2.05) is 12.4 Å². The van der Waals surface area contributed by atoms with Crippen LogP contribution in [0.3, 0.4) is 0 Å². The summed E-state index contributed by atoms with van der Waals surface area (Å²) in [5, 5.41) is 13.2. The molecule has 1 aliphatic heterocycles. The highest BCUT2D eigenvalue weighted by Crippen LogP contribution is 2.29. The second kappa shape index (κ2) is 6.85. The molecule has 5 nitrogen and oxygen atoms in total. The molecule has 0 saturated carbocycles. The van der Waals surface area contributed by atoms with Gasteiger partial charge in [0.15, 0.2) is 0 Å². The quantitative estimate of drug-likeness (QED) is 0.588. The molecule has 3 heterocycles. The Morgan fingerprint density at radius 2 is 1.74 bits per heavy atom. The van der Waals surface area contributed by atoms with Crippen LogP contribution in [0, 0.1) is 0 Å². The molecule has 1 aliphatic rings. The average molecular weight is 355 g/mol. The van der Waals surface area contributed by atoms with Crippen LogP contribution in [0.4, 0.5) is 5.69 Å². The van der Waals surface area contributed by atoms with E-state index in [4.69, 9.17) is 0 Å². The number of fused-ring (bicyclic) bond motifs is 1. The summed E-state index contributed by atoms with van der Waals surface area (Å²) in [4.78, 5) is 5.73. The van der Waals surface area contributed by atoms with E-state index < -0.39 is 0 Å². The minimum Gasteiger partial charge on any atom is -0.369 e. The van der Waals surface area contributed by atoms with Gasteiger partial charge in [-0.3, -0.25) is 0 Å². The van der Waals surface area contributed by atoms with E-state index in [0.29, 0.717) is 0 Å². The number of para-hydroxylation sites is 1. The second-order valence-electron chi connectivity index (χ2n) is 6.86. The van der Waals surface area contributed by atoms with Gasteiger partial charge in [-0.1, -0.05) is 30.3 Å². The minimum atomic E-state index is 0.881. The van der Waals surface area contributed by atoms with Crippen LogP contribution >= 0.6 is 0 Å². The monoisotopic (exact) mass is 355 g/mol. The summed E-state index contributed by atoms with van der Waals surface area (Å²) < 4.78 is 0. The number of hydrogen-bond acceptors (Lipinski definition) is 4. The summed E-state index contributed by atoms with van der Waals surface area (Å²) in [6, 6.07) is 19.2. The van der Waals surface area contributed by atoms with Crippen molar-refractivity contribution in [2.75, 3.05) is 31.1 Å². The van der Waals surface area contributed by atoms with Crippen LogP contribution in [0.15, 0.2) is 67.0 Å². The van der Waals surface area contributed by atoms with Gasteiger partial charge in [0, 0.05) is 54.6 Å². The zero-order chi connectivity index (χ0) is 18.1. The molecule has 2 aromatic carbocycles. The number of H-pyrrole nitrogens is 1. The lowest BCUT2D eigenvalue weighted by atomic mass is 10.0. The van der Waals surface area contributed by atoms with Gasteiger partial charge in [-0.05, 0) is 29.8 Å². The Labute approximate surface area is 158 Å². The van der Waals surface area contributed by atoms with Crippen molar-refractivity contribution in [3.05, 3.63) is 67.0 Å². The summed E-state index contributed by atoms with van der Waals surface area (Å²) in [6.45, 7) is 4.20. The van der Waals surface area contributed by atoms with Gasteiger partial charge in [-0.2, -0.15) is 10.2 Å². The Kier molecular flexibility index (Phi) is 4.07. The lowest BCUT2D eigenvalue weighted by molar-refractivity contribution is 0.589. The summed E-state index contributed by atoms with van der Waals surface area (Å²) in [5.74, 6) is 0. The van der Waals surface area contributed by atoms with Crippen molar-refractivity contribution in [2.24, 2.45) is 0 Å². The van der Waals surface area contributed by atoms with E-state index in [2.05, 4.69) is 80.0 Å². The van der Waals surface area contributed by atoms with Crippen molar-refractivity contribution in [2.45, 2.75) is 0 Å². The smallest absolute Gasteiger partial charge is 0.0956 e. The predicted octanol–water partition coefficient (Wildman–Crippen LogP) is 3.70. The first-order valence-electron chi connectivity index (χ1n) is 9.34. The number of piperazine rings is 1. The third-order valence-electron chi connectivity index (χ3n) is 5.20. The van der Waals surface area contributed by atoms with E-state index in [1.165, 1.54) is 11.1 Å². The molecule has 1 saturated heterocycles. The van der Waals surface area contributed by atoms with E-state index in [9.17, 15) is 0 Å². The standard InChI is InChI=1S/C22H21N5/c1-2-17-8-9-24-22(17)20(3-1)21-14-18(15-25-26-21)16-4-6-19(7-5-16)27-12-10-23-11-13-27/h1-9,14-15,23-24H,10-13H2. The zero-order valence-electron chi connectivity index (χ0n) is 15.0.